The Morgan fingerprint density at radius 3 is 2.85 bits per heavy atom. The minimum absolute atomic E-state index is 0.0504. The zero-order valence-electron chi connectivity index (χ0n) is 12.3. The predicted octanol–water partition coefficient (Wildman–Crippen LogP) is 0.307. The van der Waals surface area contributed by atoms with Gasteiger partial charge in [-0.05, 0) is 45.0 Å². The third-order valence-electron chi connectivity index (χ3n) is 3.74. The van der Waals surface area contributed by atoms with Crippen LogP contribution in [0.5, 0.6) is 0 Å². The van der Waals surface area contributed by atoms with Crippen LogP contribution in [0.1, 0.15) is 29.8 Å². The number of aromatic nitrogens is 2. The highest BCUT2D eigenvalue weighted by Crippen LogP contribution is 2.08. The maximum absolute atomic E-state index is 12.3. The van der Waals surface area contributed by atoms with Crippen LogP contribution in [0.25, 0.3) is 0 Å². The molecular weight excluding hydrogens is 254 g/mol. The summed E-state index contributed by atoms with van der Waals surface area (Å²) in [6.45, 7) is 5.47. The Balaban J connectivity index is 1.84. The Morgan fingerprint density at radius 2 is 2.15 bits per heavy atom. The maximum Gasteiger partial charge on any atom is 0.274 e. The fourth-order valence-electron chi connectivity index (χ4n) is 2.57. The Kier molecular flexibility index (Phi) is 5.55. The first-order chi connectivity index (χ1) is 9.70. The van der Waals surface area contributed by atoms with E-state index in [1.807, 2.05) is 18.1 Å². The number of hydrogen-bond donors (Lipinski definition) is 1. The second-order valence-electron chi connectivity index (χ2n) is 5.36. The monoisotopic (exact) mass is 279 g/mol. The predicted molar refractivity (Wildman–Crippen MR) is 78.5 cm³/mol. The SMILES string of the molecule is Cn1ccc(C(=O)N2CCCN(CCCCN)CC2)n1. The van der Waals surface area contributed by atoms with Crippen molar-refractivity contribution < 1.29 is 4.79 Å². The van der Waals surface area contributed by atoms with E-state index in [9.17, 15) is 4.79 Å². The van der Waals surface area contributed by atoms with E-state index >= 15 is 0 Å². The van der Waals surface area contributed by atoms with Crippen molar-refractivity contribution in [3.63, 3.8) is 0 Å². The van der Waals surface area contributed by atoms with Crippen LogP contribution in [0.3, 0.4) is 0 Å². The highest BCUT2D eigenvalue weighted by atomic mass is 16.2. The lowest BCUT2D eigenvalue weighted by Gasteiger charge is -2.21. The number of nitrogens with zero attached hydrogens (tertiary/aromatic N) is 4. The van der Waals surface area contributed by atoms with Gasteiger partial charge in [0, 0.05) is 32.9 Å². The lowest BCUT2D eigenvalue weighted by molar-refractivity contribution is 0.0754. The molecule has 2 N–H and O–H groups in total. The highest BCUT2D eigenvalue weighted by molar-refractivity contribution is 5.92. The molecule has 6 nitrogen and oxygen atoms in total. The van der Waals surface area contributed by atoms with Gasteiger partial charge in [0.05, 0.1) is 0 Å². The molecule has 1 fully saturated rings. The van der Waals surface area contributed by atoms with Crippen molar-refractivity contribution in [2.75, 3.05) is 39.3 Å². The van der Waals surface area contributed by atoms with Crippen molar-refractivity contribution in [3.05, 3.63) is 18.0 Å². The smallest absolute Gasteiger partial charge is 0.274 e. The highest BCUT2D eigenvalue weighted by Gasteiger charge is 2.21. The fraction of sp³-hybridized carbons (Fsp3) is 0.714. The molecule has 0 spiro atoms. The van der Waals surface area contributed by atoms with Gasteiger partial charge in [-0.25, -0.2) is 0 Å². The first kappa shape index (κ1) is 15.0. The van der Waals surface area contributed by atoms with Gasteiger partial charge in [-0.2, -0.15) is 5.10 Å². The zero-order valence-corrected chi connectivity index (χ0v) is 12.3. The molecule has 1 saturated heterocycles. The van der Waals surface area contributed by atoms with E-state index in [0.29, 0.717) is 5.69 Å². The standard InChI is InChI=1S/C14H25N5O/c1-17-10-5-13(16-17)14(20)19-9-4-8-18(11-12-19)7-3-2-6-15/h5,10H,2-4,6-9,11-12,15H2,1H3. The van der Waals surface area contributed by atoms with Crippen molar-refractivity contribution in [3.8, 4) is 0 Å². The van der Waals surface area contributed by atoms with E-state index in [4.69, 9.17) is 5.73 Å². The molecule has 6 heteroatoms. The molecule has 0 saturated carbocycles. The van der Waals surface area contributed by atoms with Crippen LogP contribution >= 0.6 is 0 Å². The van der Waals surface area contributed by atoms with Crippen molar-refractivity contribution in [2.24, 2.45) is 12.8 Å². The Labute approximate surface area is 120 Å². The molecule has 0 aromatic carbocycles. The van der Waals surface area contributed by atoms with Gasteiger partial charge in [-0.15, -0.1) is 0 Å². The molecule has 0 radical (unpaired) electrons. The minimum Gasteiger partial charge on any atom is -0.336 e. The van der Waals surface area contributed by atoms with Crippen molar-refractivity contribution in [1.82, 2.24) is 19.6 Å². The van der Waals surface area contributed by atoms with Crippen molar-refractivity contribution >= 4 is 5.91 Å². The van der Waals surface area contributed by atoms with Gasteiger partial charge in [-0.1, -0.05) is 0 Å². The molecule has 1 aromatic heterocycles. The van der Waals surface area contributed by atoms with Crippen LogP contribution in [-0.2, 0) is 7.05 Å². The van der Waals surface area contributed by atoms with Gasteiger partial charge in [0.25, 0.3) is 5.91 Å². The maximum atomic E-state index is 12.3. The molecule has 20 heavy (non-hydrogen) atoms. The third kappa shape index (κ3) is 4.05. The Hall–Kier alpha value is -1.40. The molecule has 0 atom stereocenters. The lowest BCUT2D eigenvalue weighted by atomic mass is 10.3. The number of unbranched alkanes of at least 4 members (excludes halogenated alkanes) is 1. The summed E-state index contributed by atoms with van der Waals surface area (Å²) in [4.78, 5) is 16.7. The summed E-state index contributed by atoms with van der Waals surface area (Å²) in [5.74, 6) is 0.0504. The van der Waals surface area contributed by atoms with Gasteiger partial charge in [0.15, 0.2) is 0 Å². The average molecular weight is 279 g/mol. The summed E-state index contributed by atoms with van der Waals surface area (Å²) < 4.78 is 1.67. The number of carbonyl (C=O) groups excluding carboxylic acids is 1. The number of aryl methyl sites for hydroxylation is 1. The second kappa shape index (κ2) is 7.40. The summed E-state index contributed by atoms with van der Waals surface area (Å²) in [6.07, 6.45) is 5.06. The Morgan fingerprint density at radius 1 is 1.30 bits per heavy atom. The molecule has 2 heterocycles. The van der Waals surface area contributed by atoms with E-state index in [2.05, 4.69) is 10.00 Å². The minimum atomic E-state index is 0.0504. The molecule has 112 valence electrons. The van der Waals surface area contributed by atoms with Gasteiger partial charge >= 0.3 is 0 Å². The van der Waals surface area contributed by atoms with Crippen LogP contribution in [0.15, 0.2) is 12.3 Å². The summed E-state index contributed by atoms with van der Waals surface area (Å²) in [5, 5.41) is 4.19. The number of hydrogen-bond acceptors (Lipinski definition) is 4. The first-order valence-electron chi connectivity index (χ1n) is 7.42. The fourth-order valence-corrected chi connectivity index (χ4v) is 2.57. The van der Waals surface area contributed by atoms with Crippen LogP contribution in [0, 0.1) is 0 Å². The number of rotatable bonds is 5. The largest absolute Gasteiger partial charge is 0.336 e. The number of nitrogens with two attached hydrogens (primary N) is 1. The molecule has 0 unspecified atom stereocenters. The molecule has 1 amide bonds. The topological polar surface area (TPSA) is 67.4 Å². The van der Waals surface area contributed by atoms with Crippen molar-refractivity contribution in [2.45, 2.75) is 19.3 Å². The summed E-state index contributed by atoms with van der Waals surface area (Å²) in [7, 11) is 1.83. The van der Waals surface area contributed by atoms with Crippen LogP contribution in [-0.4, -0.2) is 64.8 Å². The molecular formula is C14H25N5O. The van der Waals surface area contributed by atoms with Gasteiger partial charge in [0.2, 0.25) is 0 Å². The molecule has 0 bridgehead atoms. The van der Waals surface area contributed by atoms with Gasteiger partial charge < -0.3 is 15.5 Å². The zero-order chi connectivity index (χ0) is 14.4. The normalized spacial score (nSPS) is 17.2. The van der Waals surface area contributed by atoms with E-state index in [-0.39, 0.29) is 5.91 Å². The third-order valence-corrected chi connectivity index (χ3v) is 3.74. The van der Waals surface area contributed by atoms with Crippen LogP contribution in [0.4, 0.5) is 0 Å². The van der Waals surface area contributed by atoms with Gasteiger partial charge in [0.1, 0.15) is 5.69 Å². The number of amides is 1. The molecule has 1 aliphatic heterocycles. The summed E-state index contributed by atoms with van der Waals surface area (Å²) in [5.41, 5.74) is 6.07. The molecule has 1 aromatic rings. The van der Waals surface area contributed by atoms with Crippen LogP contribution < -0.4 is 5.73 Å². The van der Waals surface area contributed by atoms with Gasteiger partial charge in [-0.3, -0.25) is 9.48 Å². The lowest BCUT2D eigenvalue weighted by Crippen LogP contribution is -2.35. The number of carbonyl (C=O) groups is 1. The molecule has 1 aliphatic rings. The second-order valence-corrected chi connectivity index (χ2v) is 5.36. The van der Waals surface area contributed by atoms with E-state index < -0.39 is 0 Å². The Bertz CT molecular complexity index is 431. The molecule has 2 rings (SSSR count). The van der Waals surface area contributed by atoms with E-state index in [1.54, 1.807) is 10.7 Å². The van der Waals surface area contributed by atoms with Crippen molar-refractivity contribution in [1.29, 1.82) is 0 Å². The quantitative estimate of drug-likeness (QED) is 0.788. The van der Waals surface area contributed by atoms with E-state index in [0.717, 1.165) is 58.5 Å². The molecule has 0 aliphatic carbocycles. The summed E-state index contributed by atoms with van der Waals surface area (Å²) >= 11 is 0. The van der Waals surface area contributed by atoms with Crippen LogP contribution in [0.2, 0.25) is 0 Å². The average Bonchev–Trinajstić information content (AvgIpc) is 2.74. The first-order valence-corrected chi connectivity index (χ1v) is 7.42. The van der Waals surface area contributed by atoms with E-state index in [1.165, 1.54) is 0 Å². The summed E-state index contributed by atoms with van der Waals surface area (Å²) in [6, 6.07) is 1.78.